The number of hydrogen-bond donors (Lipinski definition) is 2. The van der Waals surface area contributed by atoms with Gasteiger partial charge in [0.2, 0.25) is 11.8 Å². The number of carbonyl (C=O) groups is 2. The highest BCUT2D eigenvalue weighted by atomic mass is 16.2. The number of pyridine rings is 2. The van der Waals surface area contributed by atoms with E-state index in [-0.39, 0.29) is 18.4 Å². The number of amides is 2. The third-order valence-corrected chi connectivity index (χ3v) is 4.70. The van der Waals surface area contributed by atoms with Gasteiger partial charge in [0.25, 0.3) is 0 Å². The molecule has 0 unspecified atom stereocenters. The summed E-state index contributed by atoms with van der Waals surface area (Å²) in [5, 5.41) is 9.95. The molecule has 1 aromatic carbocycles. The van der Waals surface area contributed by atoms with Crippen molar-refractivity contribution in [1.82, 2.24) is 25.1 Å². The summed E-state index contributed by atoms with van der Waals surface area (Å²) in [4.78, 5) is 32.4. The summed E-state index contributed by atoms with van der Waals surface area (Å²) in [6.45, 7) is 0.448. The van der Waals surface area contributed by atoms with Gasteiger partial charge in [0.05, 0.1) is 25.0 Å². The fraction of sp³-hybridized carbons (Fsp3) is 0.0800. The van der Waals surface area contributed by atoms with E-state index in [0.29, 0.717) is 12.2 Å². The van der Waals surface area contributed by atoms with E-state index >= 15 is 0 Å². The summed E-state index contributed by atoms with van der Waals surface area (Å²) in [7, 11) is 0. The van der Waals surface area contributed by atoms with Gasteiger partial charge in [0.1, 0.15) is 5.69 Å². The summed E-state index contributed by atoms with van der Waals surface area (Å²) in [6.07, 6.45) is 11.5. The number of rotatable bonds is 8. The molecule has 0 spiro atoms. The number of carbonyl (C=O) groups excluding carboxylic acids is 2. The molecule has 0 saturated heterocycles. The number of nitrogens with one attached hydrogen (secondary N) is 2. The minimum Gasteiger partial charge on any atom is -0.343 e. The van der Waals surface area contributed by atoms with Crippen LogP contribution in [0.3, 0.4) is 0 Å². The molecule has 3 aromatic heterocycles. The average Bonchev–Trinajstić information content (AvgIpc) is 3.26. The Hall–Kier alpha value is -4.59. The highest BCUT2D eigenvalue weighted by Gasteiger charge is 2.11. The van der Waals surface area contributed by atoms with Crippen LogP contribution in [0, 0.1) is 0 Å². The third kappa shape index (κ3) is 6.20. The maximum absolute atomic E-state index is 12.3. The molecule has 4 rings (SSSR count). The number of aromatic nitrogens is 4. The van der Waals surface area contributed by atoms with Crippen LogP contribution in [0.15, 0.2) is 91.7 Å². The smallest absolute Gasteiger partial charge is 0.244 e. The SMILES string of the molecule is O=C(/C=C/c1cn(Cc2ccccc2)nc1-c1cccnc1)NCC(=O)Nc1cccnc1. The van der Waals surface area contributed by atoms with E-state index in [1.54, 1.807) is 36.8 Å². The molecule has 2 N–H and O–H groups in total. The maximum atomic E-state index is 12.3. The van der Waals surface area contributed by atoms with Crippen LogP contribution in [0.4, 0.5) is 5.69 Å². The topological polar surface area (TPSA) is 102 Å². The summed E-state index contributed by atoms with van der Waals surface area (Å²) >= 11 is 0. The molecule has 8 heteroatoms. The van der Waals surface area contributed by atoms with E-state index in [1.807, 2.05) is 53.3 Å². The Kier molecular flexibility index (Phi) is 6.97. The summed E-state index contributed by atoms with van der Waals surface area (Å²) in [5.74, 6) is -0.722. The van der Waals surface area contributed by atoms with E-state index in [0.717, 1.165) is 22.4 Å². The summed E-state index contributed by atoms with van der Waals surface area (Å²) in [6, 6.07) is 17.2. The fourth-order valence-electron chi connectivity index (χ4n) is 3.17. The maximum Gasteiger partial charge on any atom is 0.244 e. The van der Waals surface area contributed by atoms with Crippen molar-refractivity contribution < 1.29 is 9.59 Å². The van der Waals surface area contributed by atoms with Gasteiger partial charge in [0.15, 0.2) is 0 Å². The van der Waals surface area contributed by atoms with Crippen LogP contribution in [0.5, 0.6) is 0 Å². The van der Waals surface area contributed by atoms with Gasteiger partial charge in [0, 0.05) is 42.0 Å². The Morgan fingerprint density at radius 3 is 2.45 bits per heavy atom. The molecule has 8 nitrogen and oxygen atoms in total. The van der Waals surface area contributed by atoms with Crippen LogP contribution in [0.1, 0.15) is 11.1 Å². The zero-order chi connectivity index (χ0) is 22.9. The van der Waals surface area contributed by atoms with E-state index in [2.05, 4.69) is 20.6 Å². The molecule has 0 atom stereocenters. The quantitative estimate of drug-likeness (QED) is 0.412. The van der Waals surface area contributed by atoms with Crippen LogP contribution in [0.2, 0.25) is 0 Å². The van der Waals surface area contributed by atoms with E-state index in [1.165, 1.54) is 12.3 Å². The molecule has 3 heterocycles. The van der Waals surface area contributed by atoms with Gasteiger partial charge < -0.3 is 10.6 Å². The normalized spacial score (nSPS) is 10.8. The lowest BCUT2D eigenvalue weighted by atomic mass is 10.1. The number of anilines is 1. The van der Waals surface area contributed by atoms with Crippen molar-refractivity contribution in [1.29, 1.82) is 0 Å². The first-order chi connectivity index (χ1) is 16.2. The van der Waals surface area contributed by atoms with Crippen LogP contribution in [0.25, 0.3) is 17.3 Å². The van der Waals surface area contributed by atoms with Gasteiger partial charge in [-0.15, -0.1) is 0 Å². The fourth-order valence-corrected chi connectivity index (χ4v) is 3.17. The molecule has 2 amide bonds. The van der Waals surface area contributed by atoms with Gasteiger partial charge in [-0.3, -0.25) is 24.2 Å². The molecule has 4 aromatic rings. The molecule has 0 aliphatic heterocycles. The predicted molar refractivity (Wildman–Crippen MR) is 126 cm³/mol. The minimum atomic E-state index is -0.385. The number of benzene rings is 1. The summed E-state index contributed by atoms with van der Waals surface area (Å²) < 4.78 is 1.83. The van der Waals surface area contributed by atoms with Crippen LogP contribution in [-0.2, 0) is 16.1 Å². The summed E-state index contributed by atoms with van der Waals surface area (Å²) in [5.41, 5.74) is 4.02. The van der Waals surface area contributed by atoms with E-state index in [9.17, 15) is 9.59 Å². The van der Waals surface area contributed by atoms with Gasteiger partial charge in [-0.25, -0.2) is 0 Å². The first-order valence-electron chi connectivity index (χ1n) is 10.3. The number of nitrogens with zero attached hydrogens (tertiary/aromatic N) is 4. The van der Waals surface area contributed by atoms with Crippen LogP contribution >= 0.6 is 0 Å². The van der Waals surface area contributed by atoms with Crippen molar-refractivity contribution in [2.24, 2.45) is 0 Å². The van der Waals surface area contributed by atoms with Crippen molar-refractivity contribution in [3.05, 3.63) is 103 Å². The third-order valence-electron chi connectivity index (χ3n) is 4.70. The molecule has 33 heavy (non-hydrogen) atoms. The molecule has 0 aliphatic rings. The van der Waals surface area contributed by atoms with Crippen molar-refractivity contribution >= 4 is 23.6 Å². The van der Waals surface area contributed by atoms with Crippen molar-refractivity contribution in [3.8, 4) is 11.3 Å². The average molecular weight is 438 g/mol. The first-order valence-corrected chi connectivity index (χ1v) is 10.3. The minimum absolute atomic E-state index is 0.152. The van der Waals surface area contributed by atoms with Gasteiger partial charge >= 0.3 is 0 Å². The zero-order valence-electron chi connectivity index (χ0n) is 17.8. The Morgan fingerprint density at radius 1 is 0.939 bits per heavy atom. The lowest BCUT2D eigenvalue weighted by Crippen LogP contribution is -2.31. The van der Waals surface area contributed by atoms with Gasteiger partial charge in [-0.2, -0.15) is 5.10 Å². The second-order valence-electron chi connectivity index (χ2n) is 7.20. The highest BCUT2D eigenvalue weighted by molar-refractivity contribution is 5.98. The molecule has 0 radical (unpaired) electrons. The van der Waals surface area contributed by atoms with E-state index < -0.39 is 0 Å². The lowest BCUT2D eigenvalue weighted by molar-refractivity contribution is -0.121. The Bertz CT molecular complexity index is 1240. The molecule has 0 bridgehead atoms. The van der Waals surface area contributed by atoms with Crippen LogP contribution < -0.4 is 10.6 Å². The zero-order valence-corrected chi connectivity index (χ0v) is 17.8. The predicted octanol–water partition coefficient (Wildman–Crippen LogP) is 3.16. The van der Waals surface area contributed by atoms with Crippen molar-refractivity contribution in [2.75, 3.05) is 11.9 Å². The van der Waals surface area contributed by atoms with Crippen molar-refractivity contribution in [2.45, 2.75) is 6.54 Å². The first kappa shape index (κ1) is 21.6. The Labute approximate surface area is 191 Å². The highest BCUT2D eigenvalue weighted by Crippen LogP contribution is 2.23. The molecule has 0 fully saturated rings. The monoisotopic (exact) mass is 438 g/mol. The lowest BCUT2D eigenvalue weighted by Gasteiger charge is -2.04. The van der Waals surface area contributed by atoms with Crippen LogP contribution in [-0.4, -0.2) is 38.1 Å². The Balaban J connectivity index is 1.44. The standard InChI is InChI=1S/C25H22N6O2/c32-23(28-16-24(33)29-22-9-5-13-27-15-22)11-10-21-18-31(17-19-6-2-1-3-7-19)30-25(21)20-8-4-12-26-14-20/h1-15,18H,16-17H2,(H,28,32)(H,29,33)/b11-10+. The molecule has 0 aliphatic carbocycles. The second-order valence-corrected chi connectivity index (χ2v) is 7.20. The number of hydrogen-bond acceptors (Lipinski definition) is 5. The van der Waals surface area contributed by atoms with Crippen molar-refractivity contribution in [3.63, 3.8) is 0 Å². The molecule has 164 valence electrons. The largest absolute Gasteiger partial charge is 0.343 e. The molecular formula is C25H22N6O2. The Morgan fingerprint density at radius 2 is 1.73 bits per heavy atom. The molecular weight excluding hydrogens is 416 g/mol. The van der Waals surface area contributed by atoms with E-state index in [4.69, 9.17) is 5.10 Å². The second kappa shape index (κ2) is 10.6. The molecule has 0 saturated carbocycles. The van der Waals surface area contributed by atoms with Gasteiger partial charge in [-0.1, -0.05) is 30.3 Å². The van der Waals surface area contributed by atoms with Gasteiger partial charge in [-0.05, 0) is 35.9 Å².